The van der Waals surface area contributed by atoms with Gasteiger partial charge >= 0.3 is 6.03 Å². The highest BCUT2D eigenvalue weighted by molar-refractivity contribution is 5.72. The molecule has 0 bridgehead atoms. The first-order valence-electron chi connectivity index (χ1n) is 3.81. The minimum atomic E-state index is -0.619. The number of benzene rings is 1. The summed E-state index contributed by atoms with van der Waals surface area (Å²) in [6.45, 7) is 0. The van der Waals surface area contributed by atoms with Crippen molar-refractivity contribution < 1.29 is 4.79 Å². The van der Waals surface area contributed by atoms with E-state index < -0.39 is 12.2 Å². The maximum Gasteiger partial charge on any atom is 0.313 e. The topological polar surface area (TPSA) is 93.2 Å². The Morgan fingerprint density at radius 2 is 1.92 bits per heavy atom. The van der Waals surface area contributed by atoms with Crippen LogP contribution in [0.2, 0.25) is 0 Å². The quantitative estimate of drug-likeness (QED) is 0.295. The summed E-state index contributed by atoms with van der Waals surface area (Å²) in [7, 11) is 0. The Morgan fingerprint density at radius 3 is 2.38 bits per heavy atom. The number of carbonyl (C=O) groups is 1. The van der Waals surface area contributed by atoms with E-state index in [9.17, 15) is 4.79 Å². The Morgan fingerprint density at radius 1 is 1.31 bits per heavy atom. The summed E-state index contributed by atoms with van der Waals surface area (Å²) >= 11 is 0. The van der Waals surface area contributed by atoms with Crippen LogP contribution in [0.3, 0.4) is 0 Å². The van der Waals surface area contributed by atoms with Crippen LogP contribution in [0.25, 0.3) is 0 Å². The summed E-state index contributed by atoms with van der Waals surface area (Å²) in [6, 6.07) is 8.62. The molecular formula is C8H12N4O. The van der Waals surface area contributed by atoms with Crippen LogP contribution < -0.4 is 22.3 Å². The molecule has 1 rings (SSSR count). The van der Waals surface area contributed by atoms with E-state index in [2.05, 4.69) is 10.7 Å². The normalized spacial score (nSPS) is 12.1. The van der Waals surface area contributed by atoms with Gasteiger partial charge in [-0.1, -0.05) is 30.3 Å². The Balaban J connectivity index is 2.73. The number of nitrogens with one attached hydrogen (secondary N) is 2. The minimum Gasteiger partial charge on any atom is -0.352 e. The van der Waals surface area contributed by atoms with Crippen molar-refractivity contribution in [2.45, 2.75) is 6.17 Å². The Kier molecular flexibility index (Phi) is 3.24. The Hall–Kier alpha value is -1.59. The predicted molar refractivity (Wildman–Crippen MR) is 49.2 cm³/mol. The van der Waals surface area contributed by atoms with Gasteiger partial charge in [-0.05, 0) is 5.56 Å². The number of nitrogens with two attached hydrogens (primary N) is 2. The van der Waals surface area contributed by atoms with E-state index in [1.54, 1.807) is 0 Å². The third kappa shape index (κ3) is 2.73. The Labute approximate surface area is 76.1 Å². The summed E-state index contributed by atoms with van der Waals surface area (Å²) in [5.74, 6) is 5.23. The number of primary amides is 1. The number of hydrazine groups is 1. The summed E-state index contributed by atoms with van der Waals surface area (Å²) in [4.78, 5) is 10.6. The molecule has 0 aliphatic carbocycles. The highest BCUT2D eigenvalue weighted by atomic mass is 16.2. The van der Waals surface area contributed by atoms with Crippen molar-refractivity contribution in [2.24, 2.45) is 11.6 Å². The van der Waals surface area contributed by atoms with E-state index in [1.807, 2.05) is 30.3 Å². The number of amides is 2. The van der Waals surface area contributed by atoms with Crippen LogP contribution in [0, 0.1) is 0 Å². The van der Waals surface area contributed by atoms with Gasteiger partial charge in [0.2, 0.25) is 0 Å². The largest absolute Gasteiger partial charge is 0.352 e. The summed E-state index contributed by atoms with van der Waals surface area (Å²) in [5.41, 5.74) is 8.25. The third-order valence-electron chi connectivity index (χ3n) is 1.59. The van der Waals surface area contributed by atoms with Gasteiger partial charge in [-0.25, -0.2) is 10.2 Å². The van der Waals surface area contributed by atoms with Crippen molar-refractivity contribution in [1.29, 1.82) is 0 Å². The van der Waals surface area contributed by atoms with Gasteiger partial charge in [0, 0.05) is 0 Å². The van der Waals surface area contributed by atoms with E-state index in [0.717, 1.165) is 5.56 Å². The SMILES string of the molecule is NNC(NC(N)=O)c1ccccc1. The van der Waals surface area contributed by atoms with Crippen molar-refractivity contribution in [1.82, 2.24) is 10.7 Å². The summed E-state index contributed by atoms with van der Waals surface area (Å²) < 4.78 is 0. The highest BCUT2D eigenvalue weighted by Crippen LogP contribution is 2.07. The molecule has 5 nitrogen and oxygen atoms in total. The first kappa shape index (κ1) is 9.50. The molecule has 1 aromatic carbocycles. The molecule has 1 aromatic rings. The smallest absolute Gasteiger partial charge is 0.313 e. The second kappa shape index (κ2) is 4.44. The molecule has 6 N–H and O–H groups in total. The molecule has 1 atom stereocenters. The maximum absolute atomic E-state index is 10.6. The van der Waals surface area contributed by atoms with Crippen molar-refractivity contribution >= 4 is 6.03 Å². The van der Waals surface area contributed by atoms with Crippen LogP contribution >= 0.6 is 0 Å². The molecule has 0 spiro atoms. The van der Waals surface area contributed by atoms with Gasteiger partial charge < -0.3 is 11.1 Å². The molecule has 0 aliphatic rings. The van der Waals surface area contributed by atoms with Gasteiger partial charge in [0.15, 0.2) is 0 Å². The predicted octanol–water partition coefficient (Wildman–Crippen LogP) is -0.183. The molecule has 13 heavy (non-hydrogen) atoms. The molecule has 1 unspecified atom stereocenters. The lowest BCUT2D eigenvalue weighted by Crippen LogP contribution is -2.43. The lowest BCUT2D eigenvalue weighted by molar-refractivity contribution is 0.243. The van der Waals surface area contributed by atoms with Crippen molar-refractivity contribution in [3.63, 3.8) is 0 Å². The van der Waals surface area contributed by atoms with Gasteiger partial charge in [-0.3, -0.25) is 5.84 Å². The van der Waals surface area contributed by atoms with Crippen LogP contribution in [0.5, 0.6) is 0 Å². The van der Waals surface area contributed by atoms with Gasteiger partial charge in [0.1, 0.15) is 6.17 Å². The number of urea groups is 1. The minimum absolute atomic E-state index is 0.446. The summed E-state index contributed by atoms with van der Waals surface area (Å²) in [6.07, 6.45) is -0.446. The molecule has 0 aromatic heterocycles. The first-order valence-corrected chi connectivity index (χ1v) is 3.81. The zero-order valence-corrected chi connectivity index (χ0v) is 7.03. The van der Waals surface area contributed by atoms with Crippen LogP contribution in [0.15, 0.2) is 30.3 Å². The maximum atomic E-state index is 10.6. The zero-order chi connectivity index (χ0) is 9.68. The van der Waals surface area contributed by atoms with E-state index >= 15 is 0 Å². The van der Waals surface area contributed by atoms with Crippen molar-refractivity contribution in [3.05, 3.63) is 35.9 Å². The first-order chi connectivity index (χ1) is 6.24. The highest BCUT2D eigenvalue weighted by Gasteiger charge is 2.08. The molecule has 2 amide bonds. The van der Waals surface area contributed by atoms with E-state index in [4.69, 9.17) is 11.6 Å². The Bertz CT molecular complexity index is 275. The monoisotopic (exact) mass is 180 g/mol. The fraction of sp³-hybridized carbons (Fsp3) is 0.125. The fourth-order valence-electron chi connectivity index (χ4n) is 1.01. The number of carbonyl (C=O) groups excluding carboxylic acids is 1. The third-order valence-corrected chi connectivity index (χ3v) is 1.59. The zero-order valence-electron chi connectivity index (χ0n) is 7.03. The van der Waals surface area contributed by atoms with Crippen molar-refractivity contribution in [3.8, 4) is 0 Å². The molecule has 5 heteroatoms. The van der Waals surface area contributed by atoms with Crippen LogP contribution in [-0.4, -0.2) is 6.03 Å². The van der Waals surface area contributed by atoms with Crippen LogP contribution in [0.1, 0.15) is 11.7 Å². The molecule has 70 valence electrons. The number of rotatable bonds is 3. The van der Waals surface area contributed by atoms with E-state index in [0.29, 0.717) is 0 Å². The molecule has 0 saturated heterocycles. The molecule has 0 radical (unpaired) electrons. The van der Waals surface area contributed by atoms with E-state index in [1.165, 1.54) is 0 Å². The standard InChI is InChI=1S/C8H12N4O/c9-8(13)11-7(12-10)6-4-2-1-3-5-6/h1-5,7,12H,10H2,(H3,9,11,13). The lowest BCUT2D eigenvalue weighted by Gasteiger charge is -2.16. The fourth-order valence-corrected chi connectivity index (χ4v) is 1.01. The molecule has 0 saturated carbocycles. The van der Waals surface area contributed by atoms with Gasteiger partial charge in [-0.15, -0.1) is 0 Å². The second-order valence-corrected chi connectivity index (χ2v) is 2.52. The van der Waals surface area contributed by atoms with Crippen molar-refractivity contribution in [2.75, 3.05) is 0 Å². The average Bonchev–Trinajstić information content (AvgIpc) is 2.15. The van der Waals surface area contributed by atoms with Gasteiger partial charge in [-0.2, -0.15) is 0 Å². The second-order valence-electron chi connectivity index (χ2n) is 2.52. The summed E-state index contributed by atoms with van der Waals surface area (Å²) in [5, 5.41) is 2.45. The average molecular weight is 180 g/mol. The molecule has 0 aliphatic heterocycles. The molecular weight excluding hydrogens is 168 g/mol. The molecule has 0 heterocycles. The number of hydrogen-bond acceptors (Lipinski definition) is 3. The number of hydrogen-bond donors (Lipinski definition) is 4. The van der Waals surface area contributed by atoms with Gasteiger partial charge in [0.25, 0.3) is 0 Å². The lowest BCUT2D eigenvalue weighted by atomic mass is 10.2. The molecule has 0 fully saturated rings. The van der Waals surface area contributed by atoms with Crippen LogP contribution in [0.4, 0.5) is 4.79 Å². The van der Waals surface area contributed by atoms with Gasteiger partial charge in [0.05, 0.1) is 0 Å². The van der Waals surface area contributed by atoms with E-state index in [-0.39, 0.29) is 0 Å². The van der Waals surface area contributed by atoms with Crippen LogP contribution in [-0.2, 0) is 0 Å².